The number of rotatable bonds is 8. The highest BCUT2D eigenvalue weighted by Crippen LogP contribution is 2.21. The summed E-state index contributed by atoms with van der Waals surface area (Å²) in [7, 11) is 0. The lowest BCUT2D eigenvalue weighted by Gasteiger charge is -2.29. The molecule has 11 nitrogen and oxygen atoms in total. The summed E-state index contributed by atoms with van der Waals surface area (Å²) in [5, 5.41) is 14.8. The van der Waals surface area contributed by atoms with Gasteiger partial charge in [-0.15, -0.1) is 0 Å². The van der Waals surface area contributed by atoms with Gasteiger partial charge in [0.15, 0.2) is 0 Å². The summed E-state index contributed by atoms with van der Waals surface area (Å²) in [4.78, 5) is 65.4. The molecule has 1 aromatic rings. The average molecular weight is 488 g/mol. The highest BCUT2D eigenvalue weighted by molar-refractivity contribution is 5.95. The van der Waals surface area contributed by atoms with Gasteiger partial charge in [-0.05, 0) is 50.3 Å². The van der Waals surface area contributed by atoms with Gasteiger partial charge in [0.25, 0.3) is 0 Å². The smallest absolute Gasteiger partial charge is 0.245 e. The lowest BCUT2D eigenvalue weighted by Crippen LogP contribution is -2.57. The van der Waals surface area contributed by atoms with Gasteiger partial charge in [0.05, 0.1) is 0 Å². The first-order valence-corrected chi connectivity index (χ1v) is 11.8. The summed E-state index contributed by atoms with van der Waals surface area (Å²) in [6.45, 7) is 3.82. The van der Waals surface area contributed by atoms with Gasteiger partial charge in [0.2, 0.25) is 29.5 Å². The zero-order valence-electron chi connectivity index (χ0n) is 20.0. The molecule has 4 unspecified atom stereocenters. The van der Waals surface area contributed by atoms with E-state index in [0.29, 0.717) is 37.9 Å². The maximum atomic E-state index is 13.1. The van der Waals surface area contributed by atoms with E-state index in [1.807, 2.05) is 0 Å². The topological polar surface area (TPSA) is 162 Å². The van der Waals surface area contributed by atoms with Crippen LogP contribution in [0.25, 0.3) is 0 Å². The molecule has 2 aliphatic heterocycles. The number of likely N-dealkylation sites (tertiary alicyclic amines) is 2. The number of nitrogens with zero attached hydrogens (tertiary/aromatic N) is 2. The quantitative estimate of drug-likeness (QED) is 0.383. The Labute approximate surface area is 204 Å². The van der Waals surface area contributed by atoms with Gasteiger partial charge < -0.3 is 31.3 Å². The van der Waals surface area contributed by atoms with Gasteiger partial charge in [0, 0.05) is 26.4 Å². The van der Waals surface area contributed by atoms with Gasteiger partial charge >= 0.3 is 0 Å². The summed E-state index contributed by atoms with van der Waals surface area (Å²) >= 11 is 0. The molecular formula is C24H33N5O6. The second kappa shape index (κ2) is 11.2. The number of benzene rings is 1. The van der Waals surface area contributed by atoms with Gasteiger partial charge in [-0.25, -0.2) is 0 Å². The first-order chi connectivity index (χ1) is 16.6. The lowest BCUT2D eigenvalue weighted by molar-refractivity contribution is -0.143. The number of nitrogens with two attached hydrogens (primary N) is 1. The van der Waals surface area contributed by atoms with Crippen LogP contribution in [0.3, 0.4) is 0 Å². The van der Waals surface area contributed by atoms with Gasteiger partial charge in [-0.2, -0.15) is 0 Å². The van der Waals surface area contributed by atoms with E-state index in [-0.39, 0.29) is 24.0 Å². The minimum Gasteiger partial charge on any atom is -0.508 e. The van der Waals surface area contributed by atoms with E-state index in [1.165, 1.54) is 28.9 Å². The average Bonchev–Trinajstić information content (AvgIpc) is 3.49. The van der Waals surface area contributed by atoms with Crippen molar-refractivity contribution in [3.63, 3.8) is 0 Å². The van der Waals surface area contributed by atoms with Crippen LogP contribution in [0, 0.1) is 0 Å². The Morgan fingerprint density at radius 3 is 2.09 bits per heavy atom. The number of nitrogens with one attached hydrogen (secondary N) is 2. The van der Waals surface area contributed by atoms with E-state index in [9.17, 15) is 29.1 Å². The number of amides is 5. The van der Waals surface area contributed by atoms with Crippen molar-refractivity contribution < 1.29 is 29.1 Å². The highest BCUT2D eigenvalue weighted by atomic mass is 16.3. The molecule has 5 N–H and O–H groups in total. The second-order valence-corrected chi connectivity index (χ2v) is 9.12. The molecule has 3 rings (SSSR count). The Balaban J connectivity index is 1.61. The fraction of sp³-hybridized carbons (Fsp3) is 0.542. The molecule has 35 heavy (non-hydrogen) atoms. The Bertz CT molecular complexity index is 981. The first-order valence-electron chi connectivity index (χ1n) is 11.8. The third-order valence-corrected chi connectivity index (χ3v) is 6.56. The Morgan fingerprint density at radius 2 is 1.51 bits per heavy atom. The Morgan fingerprint density at radius 1 is 0.971 bits per heavy atom. The third-order valence-electron chi connectivity index (χ3n) is 6.56. The molecule has 0 bridgehead atoms. The summed E-state index contributed by atoms with van der Waals surface area (Å²) in [5.41, 5.74) is 6.19. The predicted octanol–water partition coefficient (Wildman–Crippen LogP) is -0.589. The largest absolute Gasteiger partial charge is 0.508 e. The molecule has 0 radical (unpaired) electrons. The fourth-order valence-corrected chi connectivity index (χ4v) is 4.70. The molecule has 190 valence electrons. The van der Waals surface area contributed by atoms with Crippen LogP contribution in [-0.2, 0) is 30.4 Å². The SMILES string of the molecule is CC(=O)N1CCCC1C(=O)NC(C)C(=O)N1CCCC1C(=O)NC(Cc1ccc(O)cc1)C(N)=O. The van der Waals surface area contributed by atoms with E-state index >= 15 is 0 Å². The molecule has 1 aromatic carbocycles. The van der Waals surface area contributed by atoms with E-state index in [2.05, 4.69) is 10.6 Å². The molecule has 0 saturated carbocycles. The minimum atomic E-state index is -0.985. The maximum absolute atomic E-state index is 13.1. The van der Waals surface area contributed by atoms with Crippen LogP contribution in [0.4, 0.5) is 0 Å². The zero-order chi connectivity index (χ0) is 25.7. The number of aromatic hydroxyl groups is 1. The van der Waals surface area contributed by atoms with Crippen molar-refractivity contribution in [2.75, 3.05) is 13.1 Å². The summed E-state index contributed by atoms with van der Waals surface area (Å²) in [6, 6.07) is 2.96. The second-order valence-electron chi connectivity index (χ2n) is 9.12. The van der Waals surface area contributed by atoms with Crippen LogP contribution in [0.1, 0.15) is 45.1 Å². The maximum Gasteiger partial charge on any atom is 0.245 e. The number of hydrogen-bond acceptors (Lipinski definition) is 6. The van der Waals surface area contributed by atoms with Crippen molar-refractivity contribution >= 4 is 29.5 Å². The number of carbonyl (C=O) groups is 5. The monoisotopic (exact) mass is 487 g/mol. The van der Waals surface area contributed by atoms with E-state index < -0.39 is 41.9 Å². The summed E-state index contributed by atoms with van der Waals surface area (Å²) in [6.07, 6.45) is 2.42. The van der Waals surface area contributed by atoms with Crippen LogP contribution in [0.2, 0.25) is 0 Å². The zero-order valence-corrected chi connectivity index (χ0v) is 20.0. The summed E-state index contributed by atoms with van der Waals surface area (Å²) in [5.74, 6) is -2.10. The van der Waals surface area contributed by atoms with E-state index in [4.69, 9.17) is 5.73 Å². The predicted molar refractivity (Wildman–Crippen MR) is 126 cm³/mol. The Kier molecular flexibility index (Phi) is 8.31. The van der Waals surface area contributed by atoms with E-state index in [1.54, 1.807) is 19.1 Å². The molecule has 0 aliphatic carbocycles. The number of carbonyl (C=O) groups excluding carboxylic acids is 5. The molecule has 0 aromatic heterocycles. The molecule has 2 aliphatic rings. The van der Waals surface area contributed by atoms with Crippen molar-refractivity contribution in [1.29, 1.82) is 0 Å². The Hall–Kier alpha value is -3.63. The number of hydrogen-bond donors (Lipinski definition) is 4. The molecule has 4 atom stereocenters. The highest BCUT2D eigenvalue weighted by Gasteiger charge is 2.39. The van der Waals surface area contributed by atoms with Crippen molar-refractivity contribution in [1.82, 2.24) is 20.4 Å². The standard InChI is InChI=1S/C24H33N5O6/c1-14(26-22(33)19-5-3-11-28(19)15(2)30)24(35)29-12-4-6-20(29)23(34)27-18(21(25)32)13-16-7-9-17(31)10-8-16/h7-10,14,18-20,31H,3-6,11-13H2,1-2H3,(H2,25,32)(H,26,33)(H,27,34). The number of phenols is 1. The van der Waals surface area contributed by atoms with Crippen LogP contribution >= 0.6 is 0 Å². The molecule has 2 heterocycles. The normalized spacial score (nSPS) is 21.3. The van der Waals surface area contributed by atoms with Crippen molar-refractivity contribution in [3.05, 3.63) is 29.8 Å². The molecule has 2 fully saturated rings. The van der Waals surface area contributed by atoms with Crippen LogP contribution in [0.5, 0.6) is 5.75 Å². The first kappa shape index (κ1) is 26.0. The van der Waals surface area contributed by atoms with E-state index in [0.717, 1.165) is 6.42 Å². The number of primary amides is 1. The van der Waals surface area contributed by atoms with Crippen molar-refractivity contribution in [3.8, 4) is 5.75 Å². The van der Waals surface area contributed by atoms with Crippen LogP contribution < -0.4 is 16.4 Å². The van der Waals surface area contributed by atoms with Gasteiger partial charge in [-0.1, -0.05) is 12.1 Å². The van der Waals surface area contributed by atoms with Crippen LogP contribution in [-0.4, -0.2) is 81.7 Å². The lowest BCUT2D eigenvalue weighted by atomic mass is 10.0. The van der Waals surface area contributed by atoms with Crippen LogP contribution in [0.15, 0.2) is 24.3 Å². The minimum absolute atomic E-state index is 0.0802. The molecule has 0 spiro atoms. The van der Waals surface area contributed by atoms with Crippen molar-refractivity contribution in [2.24, 2.45) is 5.73 Å². The van der Waals surface area contributed by atoms with Crippen molar-refractivity contribution in [2.45, 2.75) is 70.1 Å². The molecule has 5 amide bonds. The number of phenolic OH excluding ortho intramolecular Hbond substituents is 1. The fourth-order valence-electron chi connectivity index (χ4n) is 4.70. The summed E-state index contributed by atoms with van der Waals surface area (Å²) < 4.78 is 0. The molecule has 2 saturated heterocycles. The van der Waals surface area contributed by atoms with Gasteiger partial charge in [0.1, 0.15) is 29.9 Å². The molecular weight excluding hydrogens is 454 g/mol. The van der Waals surface area contributed by atoms with Gasteiger partial charge in [-0.3, -0.25) is 24.0 Å². The third kappa shape index (κ3) is 6.28. The molecule has 11 heteroatoms.